The Morgan fingerprint density at radius 3 is 2.58 bits per heavy atom. The molecule has 1 unspecified atom stereocenters. The van der Waals surface area contributed by atoms with Crippen molar-refractivity contribution in [1.29, 1.82) is 0 Å². The van der Waals surface area contributed by atoms with Crippen LogP contribution in [0.25, 0.3) is 0 Å². The molecule has 9 heteroatoms. The summed E-state index contributed by atoms with van der Waals surface area (Å²) in [6.07, 6.45) is 0. The van der Waals surface area contributed by atoms with Gasteiger partial charge in [-0.3, -0.25) is 4.79 Å². The van der Waals surface area contributed by atoms with Crippen molar-refractivity contribution < 1.29 is 4.79 Å². The molecule has 1 aliphatic heterocycles. The van der Waals surface area contributed by atoms with E-state index in [1.807, 2.05) is 55.1 Å². The van der Waals surface area contributed by atoms with E-state index in [1.54, 1.807) is 0 Å². The second-order valence-corrected chi connectivity index (χ2v) is 10.3. The molecular formula is C22H24ClN5OS2. The van der Waals surface area contributed by atoms with Crippen molar-refractivity contribution in [2.45, 2.75) is 23.4 Å². The van der Waals surface area contributed by atoms with Crippen molar-refractivity contribution in [2.24, 2.45) is 0 Å². The number of benzene rings is 2. The summed E-state index contributed by atoms with van der Waals surface area (Å²) in [5.41, 5.74) is 3.10. The number of rotatable bonds is 6. The number of hydrogen-bond donors (Lipinski definition) is 1. The summed E-state index contributed by atoms with van der Waals surface area (Å²) in [6.45, 7) is 7.06. The molecule has 1 saturated heterocycles. The van der Waals surface area contributed by atoms with Crippen molar-refractivity contribution in [1.82, 2.24) is 15.1 Å². The molecule has 3 aromatic rings. The van der Waals surface area contributed by atoms with Gasteiger partial charge in [-0.05, 0) is 43.7 Å². The summed E-state index contributed by atoms with van der Waals surface area (Å²) in [5, 5.41) is 12.8. The second-order valence-electron chi connectivity index (χ2n) is 7.37. The summed E-state index contributed by atoms with van der Waals surface area (Å²) >= 11 is 9.07. The minimum Gasteiger partial charge on any atom is -0.368 e. The Morgan fingerprint density at radius 2 is 1.87 bits per heavy atom. The first-order valence-electron chi connectivity index (χ1n) is 10.1. The molecule has 1 amide bonds. The smallest absolute Gasteiger partial charge is 0.235 e. The molecule has 1 fully saturated rings. The Hall–Kier alpha value is -2.29. The third-order valence-corrected chi connectivity index (χ3v) is 7.59. The number of halogens is 1. The van der Waals surface area contributed by atoms with Gasteiger partial charge in [0.15, 0.2) is 4.34 Å². The maximum absolute atomic E-state index is 12.9. The van der Waals surface area contributed by atoms with Gasteiger partial charge in [-0.15, -0.1) is 10.2 Å². The number of aryl methyl sites for hydroxylation is 1. The van der Waals surface area contributed by atoms with Gasteiger partial charge in [0, 0.05) is 42.6 Å². The molecule has 1 atom stereocenters. The van der Waals surface area contributed by atoms with Crippen LogP contribution in [0.15, 0.2) is 52.9 Å². The van der Waals surface area contributed by atoms with Crippen LogP contribution < -0.4 is 10.2 Å². The average molecular weight is 474 g/mol. The fraction of sp³-hybridized carbons (Fsp3) is 0.318. The molecule has 2 aromatic carbocycles. The molecule has 1 N–H and O–H groups in total. The Labute approximate surface area is 195 Å². The highest BCUT2D eigenvalue weighted by Crippen LogP contribution is 2.32. The largest absolute Gasteiger partial charge is 0.368 e. The second kappa shape index (κ2) is 9.89. The van der Waals surface area contributed by atoms with E-state index in [1.165, 1.54) is 28.8 Å². The number of anilines is 3. The maximum Gasteiger partial charge on any atom is 0.235 e. The fourth-order valence-electron chi connectivity index (χ4n) is 3.38. The van der Waals surface area contributed by atoms with Crippen LogP contribution in [0.2, 0.25) is 5.02 Å². The van der Waals surface area contributed by atoms with E-state index in [0.29, 0.717) is 10.2 Å². The first-order chi connectivity index (χ1) is 15.0. The Balaban J connectivity index is 1.30. The molecule has 0 bridgehead atoms. The van der Waals surface area contributed by atoms with Gasteiger partial charge in [0.1, 0.15) is 0 Å². The van der Waals surface area contributed by atoms with E-state index in [0.717, 1.165) is 41.8 Å². The normalized spacial score (nSPS) is 15.1. The number of nitrogens with zero attached hydrogens (tertiary/aromatic N) is 4. The minimum absolute atomic E-state index is 0.146. The van der Waals surface area contributed by atoms with Gasteiger partial charge in [0.25, 0.3) is 0 Å². The van der Waals surface area contributed by atoms with Crippen LogP contribution in [-0.4, -0.2) is 52.4 Å². The van der Waals surface area contributed by atoms with Crippen LogP contribution in [-0.2, 0) is 4.79 Å². The third-order valence-electron chi connectivity index (χ3n) is 5.17. The van der Waals surface area contributed by atoms with Crippen molar-refractivity contribution in [3.05, 3.63) is 59.1 Å². The topological polar surface area (TPSA) is 61.4 Å². The van der Waals surface area contributed by atoms with E-state index < -0.39 is 0 Å². The van der Waals surface area contributed by atoms with Gasteiger partial charge < -0.3 is 15.1 Å². The number of carbonyl (C=O) groups is 1. The number of hydrogen-bond acceptors (Lipinski definition) is 7. The third kappa shape index (κ3) is 5.50. The number of nitrogens with one attached hydrogen (secondary N) is 1. The van der Waals surface area contributed by atoms with Crippen molar-refractivity contribution in [3.8, 4) is 0 Å². The number of piperazine rings is 1. The van der Waals surface area contributed by atoms with Crippen LogP contribution in [0.5, 0.6) is 0 Å². The first kappa shape index (κ1) is 21.9. The lowest BCUT2D eigenvalue weighted by Gasteiger charge is -2.37. The first-order valence-corrected chi connectivity index (χ1v) is 12.2. The summed E-state index contributed by atoms with van der Waals surface area (Å²) in [6, 6.07) is 16.1. The summed E-state index contributed by atoms with van der Waals surface area (Å²) in [4.78, 5) is 17.2. The highest BCUT2D eigenvalue weighted by Gasteiger charge is 2.26. The lowest BCUT2D eigenvalue weighted by Crippen LogP contribution is -2.50. The summed E-state index contributed by atoms with van der Waals surface area (Å²) in [7, 11) is 0. The number of aromatic nitrogens is 2. The maximum atomic E-state index is 12.9. The van der Waals surface area contributed by atoms with Crippen LogP contribution in [0.4, 0.5) is 16.5 Å². The molecule has 0 saturated carbocycles. The lowest BCUT2D eigenvalue weighted by molar-refractivity contribution is -0.130. The zero-order valence-electron chi connectivity index (χ0n) is 17.4. The van der Waals surface area contributed by atoms with Gasteiger partial charge in [-0.1, -0.05) is 59.0 Å². The Bertz CT molecular complexity index is 1040. The van der Waals surface area contributed by atoms with Gasteiger partial charge in [-0.2, -0.15) is 0 Å². The molecule has 31 heavy (non-hydrogen) atoms. The Morgan fingerprint density at radius 1 is 1.13 bits per heavy atom. The minimum atomic E-state index is -0.210. The molecule has 162 valence electrons. The summed E-state index contributed by atoms with van der Waals surface area (Å²) < 4.78 is 0.768. The van der Waals surface area contributed by atoms with Crippen LogP contribution >= 0.6 is 34.7 Å². The fourth-order valence-corrected chi connectivity index (χ4v) is 5.57. The SMILES string of the molecule is Cc1ccc(Nc2nnc(SC(C)C(=O)N3CCN(c4ccccc4)CC3)s2)cc1Cl. The van der Waals surface area contributed by atoms with Crippen molar-refractivity contribution >= 4 is 57.1 Å². The van der Waals surface area contributed by atoms with E-state index in [9.17, 15) is 4.79 Å². The molecule has 0 radical (unpaired) electrons. The van der Waals surface area contributed by atoms with E-state index >= 15 is 0 Å². The molecule has 0 spiro atoms. The Kier molecular flexibility index (Phi) is 6.99. The molecule has 2 heterocycles. The summed E-state index contributed by atoms with van der Waals surface area (Å²) in [5.74, 6) is 0.146. The highest BCUT2D eigenvalue weighted by atomic mass is 35.5. The average Bonchev–Trinajstić information content (AvgIpc) is 3.23. The van der Waals surface area contributed by atoms with Gasteiger partial charge in [0.05, 0.1) is 5.25 Å². The lowest BCUT2D eigenvalue weighted by atomic mass is 10.2. The zero-order chi connectivity index (χ0) is 21.8. The molecule has 0 aliphatic carbocycles. The van der Waals surface area contributed by atoms with Crippen molar-refractivity contribution in [2.75, 3.05) is 36.4 Å². The monoisotopic (exact) mass is 473 g/mol. The van der Waals surface area contributed by atoms with Gasteiger partial charge >= 0.3 is 0 Å². The number of para-hydroxylation sites is 1. The van der Waals surface area contributed by atoms with Crippen LogP contribution in [0.3, 0.4) is 0 Å². The zero-order valence-corrected chi connectivity index (χ0v) is 19.8. The predicted molar refractivity (Wildman–Crippen MR) is 130 cm³/mol. The number of thioether (sulfide) groups is 1. The van der Waals surface area contributed by atoms with Crippen LogP contribution in [0, 0.1) is 6.92 Å². The number of amides is 1. The highest BCUT2D eigenvalue weighted by molar-refractivity contribution is 8.02. The van der Waals surface area contributed by atoms with Crippen molar-refractivity contribution in [3.63, 3.8) is 0 Å². The van der Waals surface area contributed by atoms with Gasteiger partial charge in [0.2, 0.25) is 11.0 Å². The van der Waals surface area contributed by atoms with Gasteiger partial charge in [-0.25, -0.2) is 0 Å². The predicted octanol–water partition coefficient (Wildman–Crippen LogP) is 5.07. The van der Waals surface area contributed by atoms with E-state index in [2.05, 4.69) is 32.5 Å². The molecule has 6 nitrogen and oxygen atoms in total. The van der Waals surface area contributed by atoms with E-state index in [-0.39, 0.29) is 11.2 Å². The molecule has 1 aromatic heterocycles. The van der Waals surface area contributed by atoms with E-state index in [4.69, 9.17) is 11.6 Å². The quantitative estimate of drug-likeness (QED) is 0.504. The molecule has 1 aliphatic rings. The molecule has 4 rings (SSSR count). The van der Waals surface area contributed by atoms with Crippen LogP contribution in [0.1, 0.15) is 12.5 Å². The number of carbonyl (C=O) groups excluding carboxylic acids is 1. The molecular weight excluding hydrogens is 450 g/mol. The standard InChI is InChI=1S/C22H24ClN5OS2/c1-15-8-9-17(14-19(15)23)24-21-25-26-22(31-21)30-16(2)20(29)28-12-10-27(11-13-28)18-6-4-3-5-7-18/h3-9,14,16H,10-13H2,1-2H3,(H,24,25).